The third-order valence-corrected chi connectivity index (χ3v) is 3.33. The lowest BCUT2D eigenvalue weighted by Crippen LogP contribution is -2.71. The van der Waals surface area contributed by atoms with Gasteiger partial charge in [-0.2, -0.15) is 0 Å². The van der Waals surface area contributed by atoms with Crippen molar-refractivity contribution in [1.82, 2.24) is 9.80 Å². The van der Waals surface area contributed by atoms with E-state index in [-0.39, 0.29) is 11.8 Å². The lowest BCUT2D eigenvalue weighted by molar-refractivity contribution is -0.170. The number of amides is 2. The van der Waals surface area contributed by atoms with Gasteiger partial charge in [-0.1, -0.05) is 0 Å². The molecule has 0 unspecified atom stereocenters. The van der Waals surface area contributed by atoms with Crippen LogP contribution in [0, 0.1) is 0 Å². The van der Waals surface area contributed by atoms with Crippen molar-refractivity contribution in [3.05, 3.63) is 0 Å². The summed E-state index contributed by atoms with van der Waals surface area (Å²) >= 11 is 0. The molecule has 4 heteroatoms. The average Bonchev–Trinajstić information content (AvgIpc) is 2.11. The number of imide groups is 1. The van der Waals surface area contributed by atoms with Gasteiger partial charge in [0.2, 0.25) is 11.8 Å². The molecule has 1 heterocycles. The highest BCUT2D eigenvalue weighted by atomic mass is 16.2. The largest absolute Gasteiger partial charge is 0.283 e. The van der Waals surface area contributed by atoms with E-state index in [0.717, 1.165) is 0 Å². The molecule has 0 aromatic heterocycles. The van der Waals surface area contributed by atoms with Crippen molar-refractivity contribution in [3.8, 4) is 0 Å². The predicted molar refractivity (Wildman–Crippen MR) is 53.7 cm³/mol. The second-order valence-corrected chi connectivity index (χ2v) is 4.85. The maximum Gasteiger partial charge on any atom is 0.248 e. The Bertz CT molecular complexity index is 266. The second kappa shape index (κ2) is 2.79. The molecule has 0 N–H and O–H groups in total. The summed E-state index contributed by atoms with van der Waals surface area (Å²) in [5.74, 6) is -0.298. The molecule has 80 valence electrons. The van der Waals surface area contributed by atoms with E-state index in [2.05, 4.69) is 0 Å². The van der Waals surface area contributed by atoms with Crippen molar-refractivity contribution in [1.29, 1.82) is 0 Å². The summed E-state index contributed by atoms with van der Waals surface area (Å²) in [5.41, 5.74) is -1.24. The van der Waals surface area contributed by atoms with E-state index in [1.54, 1.807) is 7.05 Å². The summed E-state index contributed by atoms with van der Waals surface area (Å²) in [7, 11) is 3.35. The van der Waals surface area contributed by atoms with Crippen LogP contribution in [0.4, 0.5) is 0 Å². The molecule has 1 aliphatic heterocycles. The van der Waals surface area contributed by atoms with Crippen molar-refractivity contribution < 1.29 is 9.59 Å². The maximum absolute atomic E-state index is 11.8. The molecule has 0 spiro atoms. The fourth-order valence-corrected chi connectivity index (χ4v) is 1.90. The molecule has 1 saturated heterocycles. The predicted octanol–water partition coefficient (Wildman–Crippen LogP) is 0.474. The minimum absolute atomic E-state index is 0.149. The van der Waals surface area contributed by atoms with Crippen LogP contribution in [0.3, 0.4) is 0 Å². The van der Waals surface area contributed by atoms with Gasteiger partial charge in [-0.25, -0.2) is 0 Å². The molecule has 2 amide bonds. The molecule has 14 heavy (non-hydrogen) atoms. The third-order valence-electron chi connectivity index (χ3n) is 3.33. The number of rotatable bonds is 0. The van der Waals surface area contributed by atoms with E-state index < -0.39 is 11.1 Å². The molecule has 0 bridgehead atoms. The molecule has 1 rings (SSSR count). The van der Waals surface area contributed by atoms with Gasteiger partial charge in [0.25, 0.3) is 0 Å². The lowest BCUT2D eigenvalue weighted by Gasteiger charge is -2.50. The maximum atomic E-state index is 11.8. The molecular weight excluding hydrogens is 180 g/mol. The summed E-state index contributed by atoms with van der Waals surface area (Å²) in [5, 5.41) is 0. The Balaban J connectivity index is 3.22. The fraction of sp³-hybridized carbons (Fsp3) is 0.800. The number of hydrogen-bond donors (Lipinski definition) is 0. The van der Waals surface area contributed by atoms with Gasteiger partial charge >= 0.3 is 0 Å². The van der Waals surface area contributed by atoms with E-state index >= 15 is 0 Å². The van der Waals surface area contributed by atoms with Crippen molar-refractivity contribution in [2.45, 2.75) is 38.8 Å². The molecular formula is C10H18N2O2. The van der Waals surface area contributed by atoms with Gasteiger partial charge < -0.3 is 0 Å². The zero-order valence-electron chi connectivity index (χ0n) is 9.71. The minimum atomic E-state index is -0.619. The topological polar surface area (TPSA) is 40.6 Å². The Morgan fingerprint density at radius 1 is 0.857 bits per heavy atom. The van der Waals surface area contributed by atoms with Gasteiger partial charge in [-0.05, 0) is 34.7 Å². The SMILES string of the molecule is CN1C(=O)C(C)(C)N(C)C(C)(C)C1=O. The first-order valence-corrected chi connectivity index (χ1v) is 4.70. The highest BCUT2D eigenvalue weighted by molar-refractivity contribution is 6.05. The number of likely N-dealkylation sites (N-methyl/N-ethyl adjacent to an activating group) is 2. The van der Waals surface area contributed by atoms with E-state index in [4.69, 9.17) is 0 Å². The zero-order valence-corrected chi connectivity index (χ0v) is 9.71. The lowest BCUT2D eigenvalue weighted by atomic mass is 9.87. The highest BCUT2D eigenvalue weighted by Crippen LogP contribution is 2.31. The molecule has 0 aromatic rings. The van der Waals surface area contributed by atoms with E-state index in [1.807, 2.05) is 39.6 Å². The Morgan fingerprint density at radius 2 is 1.14 bits per heavy atom. The van der Waals surface area contributed by atoms with Gasteiger partial charge in [0.1, 0.15) is 0 Å². The van der Waals surface area contributed by atoms with E-state index in [0.29, 0.717) is 0 Å². The van der Waals surface area contributed by atoms with Crippen LogP contribution >= 0.6 is 0 Å². The third kappa shape index (κ3) is 1.17. The second-order valence-electron chi connectivity index (χ2n) is 4.85. The average molecular weight is 198 g/mol. The van der Waals surface area contributed by atoms with Crippen molar-refractivity contribution in [3.63, 3.8) is 0 Å². The van der Waals surface area contributed by atoms with Gasteiger partial charge in [0.15, 0.2) is 0 Å². The molecule has 4 nitrogen and oxygen atoms in total. The number of piperazine rings is 1. The van der Waals surface area contributed by atoms with Crippen LogP contribution < -0.4 is 0 Å². The number of carbonyl (C=O) groups excluding carboxylic acids is 2. The van der Waals surface area contributed by atoms with Crippen LogP contribution in [-0.4, -0.2) is 46.8 Å². The van der Waals surface area contributed by atoms with Crippen molar-refractivity contribution >= 4 is 11.8 Å². The molecule has 0 aliphatic carbocycles. The summed E-state index contributed by atoms with van der Waals surface area (Å²) in [6.07, 6.45) is 0. The van der Waals surface area contributed by atoms with Crippen LogP contribution in [0.1, 0.15) is 27.7 Å². The summed E-state index contributed by atoms with van der Waals surface area (Å²) in [4.78, 5) is 26.7. The minimum Gasteiger partial charge on any atom is -0.283 e. The monoisotopic (exact) mass is 198 g/mol. The van der Waals surface area contributed by atoms with Gasteiger partial charge in [-0.3, -0.25) is 19.4 Å². The zero-order chi connectivity index (χ0) is 11.3. The standard InChI is InChI=1S/C10H18N2O2/c1-9(2)7(13)11(5)8(14)10(3,4)12(9)6/h1-6H3. The molecule has 0 aromatic carbocycles. The van der Waals surface area contributed by atoms with Crippen molar-refractivity contribution in [2.24, 2.45) is 0 Å². The smallest absolute Gasteiger partial charge is 0.248 e. The quantitative estimate of drug-likeness (QED) is 0.531. The summed E-state index contributed by atoms with van der Waals surface area (Å²) in [6, 6.07) is 0. The van der Waals surface area contributed by atoms with Crippen LogP contribution in [0.25, 0.3) is 0 Å². The molecule has 1 aliphatic rings. The van der Waals surface area contributed by atoms with Crippen LogP contribution in [-0.2, 0) is 9.59 Å². The first-order chi connectivity index (χ1) is 6.13. The summed E-state index contributed by atoms with van der Waals surface area (Å²) < 4.78 is 0. The molecule has 0 radical (unpaired) electrons. The number of nitrogens with zero attached hydrogens (tertiary/aromatic N) is 2. The number of hydrogen-bond acceptors (Lipinski definition) is 3. The highest BCUT2D eigenvalue weighted by Gasteiger charge is 2.52. The number of carbonyl (C=O) groups is 2. The first-order valence-electron chi connectivity index (χ1n) is 4.70. The molecule has 0 saturated carbocycles. The van der Waals surface area contributed by atoms with Gasteiger partial charge in [0, 0.05) is 7.05 Å². The Labute approximate surface area is 84.9 Å². The van der Waals surface area contributed by atoms with Crippen LogP contribution in [0.2, 0.25) is 0 Å². The van der Waals surface area contributed by atoms with Gasteiger partial charge in [0.05, 0.1) is 11.1 Å². The van der Waals surface area contributed by atoms with Crippen LogP contribution in [0.15, 0.2) is 0 Å². The first kappa shape index (κ1) is 11.2. The fourth-order valence-electron chi connectivity index (χ4n) is 1.90. The molecule has 1 fully saturated rings. The Morgan fingerprint density at radius 3 is 1.43 bits per heavy atom. The van der Waals surface area contributed by atoms with E-state index in [9.17, 15) is 9.59 Å². The Hall–Kier alpha value is -0.900. The van der Waals surface area contributed by atoms with Gasteiger partial charge in [-0.15, -0.1) is 0 Å². The van der Waals surface area contributed by atoms with E-state index in [1.165, 1.54) is 4.90 Å². The van der Waals surface area contributed by atoms with Crippen molar-refractivity contribution in [2.75, 3.05) is 14.1 Å². The normalized spacial score (nSPS) is 26.9. The summed E-state index contributed by atoms with van der Waals surface area (Å²) in [6.45, 7) is 7.33. The molecule has 0 atom stereocenters. The van der Waals surface area contributed by atoms with Crippen LogP contribution in [0.5, 0.6) is 0 Å². The Kier molecular flexibility index (Phi) is 2.23.